The van der Waals surface area contributed by atoms with Crippen molar-refractivity contribution >= 4 is 33.4 Å². The largest absolute Gasteiger partial charge is 0.481 e. The van der Waals surface area contributed by atoms with E-state index in [0.29, 0.717) is 6.42 Å². The van der Waals surface area contributed by atoms with Gasteiger partial charge in [-0.25, -0.2) is 0 Å². The molecule has 0 amide bonds. The minimum atomic E-state index is -6.47. The van der Waals surface area contributed by atoms with Crippen LogP contribution in [0.2, 0.25) is 0 Å². The van der Waals surface area contributed by atoms with Gasteiger partial charge in [-0.2, -0.15) is 26.0 Å². The van der Waals surface area contributed by atoms with Crippen LogP contribution in [0.4, 0.5) is 17.6 Å². The van der Waals surface area contributed by atoms with E-state index in [4.69, 9.17) is 4.55 Å². The Balaban J connectivity index is 1.76. The molecule has 4 rings (SSSR count). The number of hydrogen-bond donors (Lipinski definition) is 2. The fourth-order valence-corrected chi connectivity index (χ4v) is 10.3. The lowest BCUT2D eigenvalue weighted by Gasteiger charge is -2.62. The van der Waals surface area contributed by atoms with Crippen molar-refractivity contribution in [1.29, 1.82) is 0 Å². The van der Waals surface area contributed by atoms with E-state index in [1.165, 1.54) is 0 Å². The van der Waals surface area contributed by atoms with Crippen LogP contribution in [0.5, 0.6) is 0 Å². The highest BCUT2D eigenvalue weighted by Crippen LogP contribution is 2.68. The van der Waals surface area contributed by atoms with Crippen LogP contribution in [0, 0.1) is 58.2 Å². The molecule has 8 nitrogen and oxygen atoms in total. The molecule has 3 unspecified atom stereocenters. The second kappa shape index (κ2) is 10.6. The minimum absolute atomic E-state index is 0.0334. The Morgan fingerprint density at radius 1 is 1.00 bits per heavy atom. The Kier molecular flexibility index (Phi) is 8.35. The maximum absolute atomic E-state index is 14.6. The number of carbonyl (C=O) groups excluding carboxylic acids is 3. The Bertz CT molecular complexity index is 1270. The summed E-state index contributed by atoms with van der Waals surface area (Å²) in [5.41, 5.74) is -2.13. The summed E-state index contributed by atoms with van der Waals surface area (Å²) in [6, 6.07) is 0. The Morgan fingerprint density at radius 2 is 1.62 bits per heavy atom. The summed E-state index contributed by atoms with van der Waals surface area (Å²) < 4.78 is 88.1. The third-order valence-corrected chi connectivity index (χ3v) is 12.9. The number of rotatable bonds is 9. The summed E-state index contributed by atoms with van der Waals surface area (Å²) in [6.07, 6.45) is -0.381. The molecule has 4 aliphatic carbocycles. The Morgan fingerprint density at radius 3 is 2.17 bits per heavy atom. The molecule has 13 heteroatoms. The van der Waals surface area contributed by atoms with Gasteiger partial charge in [-0.15, -0.1) is 0 Å². The predicted molar refractivity (Wildman–Crippen MR) is 141 cm³/mol. The first-order chi connectivity index (χ1) is 19.2. The second-order valence-corrected chi connectivity index (χ2v) is 15.1. The summed E-state index contributed by atoms with van der Waals surface area (Å²) >= 11 is 0. The van der Waals surface area contributed by atoms with Crippen molar-refractivity contribution in [3.8, 4) is 0 Å². The van der Waals surface area contributed by atoms with Crippen LogP contribution in [0.3, 0.4) is 0 Å². The van der Waals surface area contributed by atoms with Crippen molar-refractivity contribution in [3.63, 3.8) is 0 Å². The molecule has 0 aromatic heterocycles. The zero-order valence-electron chi connectivity index (χ0n) is 24.2. The number of carbonyl (C=O) groups is 4. The van der Waals surface area contributed by atoms with Crippen molar-refractivity contribution in [2.75, 3.05) is 0 Å². The van der Waals surface area contributed by atoms with Gasteiger partial charge < -0.3 is 5.11 Å². The quantitative estimate of drug-likeness (QED) is 0.196. The highest BCUT2D eigenvalue weighted by Gasteiger charge is 2.70. The fourth-order valence-electron chi connectivity index (χ4n) is 9.77. The van der Waals surface area contributed by atoms with Crippen molar-refractivity contribution in [2.45, 2.75) is 96.7 Å². The topological polar surface area (TPSA) is 143 Å². The molecule has 0 aliphatic heterocycles. The van der Waals surface area contributed by atoms with Crippen LogP contribution >= 0.6 is 0 Å². The van der Waals surface area contributed by atoms with Crippen molar-refractivity contribution in [2.24, 2.45) is 58.2 Å². The van der Waals surface area contributed by atoms with Crippen LogP contribution < -0.4 is 0 Å². The van der Waals surface area contributed by atoms with Crippen LogP contribution in [0.1, 0.15) is 85.5 Å². The molecule has 10 atom stereocenters. The average molecular weight is 625 g/mol. The van der Waals surface area contributed by atoms with E-state index >= 15 is 0 Å². The van der Waals surface area contributed by atoms with Crippen molar-refractivity contribution < 1.29 is 54.8 Å². The van der Waals surface area contributed by atoms with E-state index in [-0.39, 0.29) is 42.2 Å². The number of alkyl halides is 4. The summed E-state index contributed by atoms with van der Waals surface area (Å²) in [6.45, 7) is 7.61. The molecule has 0 radical (unpaired) electrons. The lowest BCUT2D eigenvalue weighted by molar-refractivity contribution is -0.191. The van der Waals surface area contributed by atoms with Gasteiger partial charge in [0, 0.05) is 37.0 Å². The van der Waals surface area contributed by atoms with Gasteiger partial charge >= 0.3 is 27.3 Å². The Hall–Kier alpha value is -1.89. The molecule has 0 bridgehead atoms. The number of carboxylic acid groups (broad SMARTS) is 1. The number of carboxylic acids is 1. The molecular formula is C29H40F4O8S. The third-order valence-electron chi connectivity index (χ3n) is 11.9. The monoisotopic (exact) mass is 624 g/mol. The number of ketones is 3. The summed E-state index contributed by atoms with van der Waals surface area (Å²) in [4.78, 5) is 53.2. The molecule has 0 saturated heterocycles. The zero-order chi connectivity index (χ0) is 31.8. The van der Waals surface area contributed by atoms with Gasteiger partial charge in [0.2, 0.25) is 0 Å². The van der Waals surface area contributed by atoms with Gasteiger partial charge in [-0.3, -0.25) is 23.7 Å². The van der Waals surface area contributed by atoms with Crippen molar-refractivity contribution in [3.05, 3.63) is 0 Å². The normalized spacial score (nSPS) is 39.8. The van der Waals surface area contributed by atoms with Gasteiger partial charge in [0.05, 0.1) is 0 Å². The maximum Gasteiger partial charge on any atom is 0.431 e. The summed E-state index contributed by atoms with van der Waals surface area (Å²) in [5.74, 6) is -13.3. The first-order valence-electron chi connectivity index (χ1n) is 14.7. The third kappa shape index (κ3) is 4.66. The number of aliphatic carboxylic acids is 1. The smallest absolute Gasteiger partial charge is 0.431 e. The van der Waals surface area contributed by atoms with Gasteiger partial charge in [0.25, 0.3) is 0 Å². The molecule has 42 heavy (non-hydrogen) atoms. The molecule has 4 saturated carbocycles. The number of halogens is 4. The van der Waals surface area contributed by atoms with Gasteiger partial charge in [0.1, 0.15) is 23.3 Å². The lowest BCUT2D eigenvalue weighted by atomic mass is 9.40. The molecule has 2 N–H and O–H groups in total. The molecule has 4 fully saturated rings. The molecular weight excluding hydrogens is 584 g/mol. The molecule has 238 valence electrons. The number of fused-ring (bicyclic) bond motifs is 5. The van der Waals surface area contributed by atoms with Crippen LogP contribution in [0.25, 0.3) is 0 Å². The van der Waals surface area contributed by atoms with Gasteiger partial charge in [-0.1, -0.05) is 40.5 Å². The highest BCUT2D eigenvalue weighted by molar-refractivity contribution is 7.87. The number of Topliss-reactive ketones (excluding diaryl/α,β-unsaturated/α-hetero) is 3. The zero-order valence-corrected chi connectivity index (χ0v) is 25.1. The first kappa shape index (κ1) is 33.0. The van der Waals surface area contributed by atoms with Gasteiger partial charge in [0.15, 0.2) is 0 Å². The van der Waals surface area contributed by atoms with Crippen LogP contribution in [-0.2, 0) is 29.3 Å². The molecule has 4 aliphatic rings. The maximum atomic E-state index is 14.6. The molecule has 0 aromatic carbocycles. The van der Waals surface area contributed by atoms with E-state index in [1.807, 2.05) is 13.8 Å². The minimum Gasteiger partial charge on any atom is -0.481 e. The fraction of sp³-hybridized carbons (Fsp3) is 0.862. The first-order valence-corrected chi connectivity index (χ1v) is 16.2. The summed E-state index contributed by atoms with van der Waals surface area (Å²) in [7, 11) is -6.47. The molecule has 0 aromatic rings. The standard InChI is InChI=1S/C29H40F4O8S/c1-5-6-14(2)16-7-8-17-23-19(13-22(36)27(16,17)4)26(3)15(9-10-28(30,31)29(32,33)42(39,40)41)11-20(34)24(25(37)38)18(26)12-21(23)35/h14-19,23-24H,5-13H2,1-4H3,(H,37,38)(H,39,40,41)/t14-,15?,16-,17+,18?,19+,23+,24?,26+,27-/m1/s1. The molecule has 0 heterocycles. The predicted octanol–water partition coefficient (Wildman–Crippen LogP) is 5.44. The van der Waals surface area contributed by atoms with E-state index in [0.717, 1.165) is 19.3 Å². The van der Waals surface area contributed by atoms with E-state index in [2.05, 4.69) is 6.92 Å². The Labute approximate surface area is 243 Å². The highest BCUT2D eigenvalue weighted by atomic mass is 32.2. The van der Waals surface area contributed by atoms with Crippen LogP contribution in [0.15, 0.2) is 0 Å². The van der Waals surface area contributed by atoms with E-state index < -0.39 is 92.7 Å². The van der Waals surface area contributed by atoms with Crippen LogP contribution in [-0.4, -0.2) is 52.6 Å². The summed E-state index contributed by atoms with van der Waals surface area (Å²) in [5, 5.41) is 4.18. The van der Waals surface area contributed by atoms with E-state index in [9.17, 15) is 50.3 Å². The SMILES string of the molecule is CCC[C@@H](C)[C@H]1CC[C@H]2[C@@H]3C(=O)CC4C(C(=O)O)C(=O)CC(CCC(F)(F)C(F)(F)S(=O)(=O)O)[C@]4(C)[C@H]3CC(=O)[C@]12C. The van der Waals surface area contributed by atoms with Crippen molar-refractivity contribution in [1.82, 2.24) is 0 Å². The second-order valence-electron chi connectivity index (χ2n) is 13.7. The number of hydrogen-bond acceptors (Lipinski definition) is 6. The van der Waals surface area contributed by atoms with Gasteiger partial charge in [-0.05, 0) is 60.2 Å². The lowest BCUT2D eigenvalue weighted by Crippen LogP contribution is -2.64. The average Bonchev–Trinajstić information content (AvgIpc) is 3.22. The molecule has 0 spiro atoms. The van der Waals surface area contributed by atoms with E-state index in [1.54, 1.807) is 6.92 Å².